The van der Waals surface area contributed by atoms with Crippen molar-refractivity contribution in [2.45, 2.75) is 96.9 Å². The predicted molar refractivity (Wildman–Crippen MR) is 238 cm³/mol. The van der Waals surface area contributed by atoms with E-state index in [1.165, 1.54) is 65.7 Å². The van der Waals surface area contributed by atoms with E-state index in [1.54, 1.807) is 0 Å². The number of pyridine rings is 1. The van der Waals surface area contributed by atoms with Crippen molar-refractivity contribution in [3.63, 3.8) is 0 Å². The van der Waals surface area contributed by atoms with Gasteiger partial charge in [0.2, 0.25) is 0 Å². The maximum absolute atomic E-state index is 4.44. The minimum atomic E-state index is 1.09. The highest BCUT2D eigenvalue weighted by Gasteiger charge is 2.07. The van der Waals surface area contributed by atoms with Gasteiger partial charge >= 0.3 is 0 Å². The van der Waals surface area contributed by atoms with E-state index in [0.717, 1.165) is 11.2 Å². The highest BCUT2D eigenvalue weighted by atomic mass is 14.9. The van der Waals surface area contributed by atoms with Crippen LogP contribution in [0.3, 0.4) is 0 Å². The van der Waals surface area contributed by atoms with Crippen LogP contribution in [0.4, 0.5) is 0 Å². The molecule has 0 atom stereocenters. The monoisotopic (exact) mass is 698 g/mol. The van der Waals surface area contributed by atoms with Crippen molar-refractivity contribution in [1.82, 2.24) is 14.1 Å². The summed E-state index contributed by atoms with van der Waals surface area (Å²) < 4.78 is 4.52. The fourth-order valence-corrected chi connectivity index (χ4v) is 6.07. The lowest BCUT2D eigenvalue weighted by atomic mass is 10.1. The molecule has 3 aromatic heterocycles. The van der Waals surface area contributed by atoms with Crippen LogP contribution in [0.5, 0.6) is 0 Å². The number of hydrogen-bond acceptors (Lipinski definition) is 1. The Balaban J connectivity index is 0.000000349. The fourth-order valence-electron chi connectivity index (χ4n) is 6.07. The van der Waals surface area contributed by atoms with Crippen molar-refractivity contribution in [2.75, 3.05) is 0 Å². The van der Waals surface area contributed by atoms with Gasteiger partial charge in [-0.05, 0) is 81.3 Å². The molecule has 0 fully saturated rings. The standard InChI is InChI=1S/2C14H13N.C11H11N.5C2H6/c1-10-7-8-14-12(9-10)11-5-3-4-6-13(11)15(14)2;1-10-7-8-12-11-5-3-4-6-13(11)15(2)14(12)9-10;1-8-7-9(2)12-11-6-4-3-5-10(8)11;5*1-2/h2*3-9H,1-2H3;3-7H,1-2H3;5*1-2H3. The molecule has 0 spiro atoms. The molecule has 0 aliphatic carbocycles. The Morgan fingerprint density at radius 1 is 0.365 bits per heavy atom. The van der Waals surface area contributed by atoms with Crippen molar-refractivity contribution >= 4 is 54.5 Å². The van der Waals surface area contributed by atoms with Gasteiger partial charge < -0.3 is 9.13 Å². The lowest BCUT2D eigenvalue weighted by molar-refractivity contribution is 1.01. The SMILES string of the molecule is CC.CC.CC.CC.CC.Cc1cc(C)c2ccccc2n1.Cc1ccc2c(c1)c1ccccc1n2C.Cc1ccc2c3ccccc3n(C)c2c1. The molecule has 0 aliphatic rings. The summed E-state index contributed by atoms with van der Waals surface area (Å²) >= 11 is 0. The zero-order valence-electron chi connectivity index (χ0n) is 35.3. The quantitative estimate of drug-likeness (QED) is 0.155. The largest absolute Gasteiger partial charge is 0.344 e. The van der Waals surface area contributed by atoms with Gasteiger partial charge in [-0.2, -0.15) is 0 Å². The molecule has 0 N–H and O–H groups in total. The minimum Gasteiger partial charge on any atom is -0.344 e. The second kappa shape index (κ2) is 23.6. The first-order chi connectivity index (χ1) is 25.3. The van der Waals surface area contributed by atoms with Crippen molar-refractivity contribution < 1.29 is 0 Å². The molecule has 0 amide bonds. The Morgan fingerprint density at radius 3 is 1.35 bits per heavy atom. The average Bonchev–Trinajstić information content (AvgIpc) is 3.65. The van der Waals surface area contributed by atoms with Crippen LogP contribution < -0.4 is 0 Å². The molecule has 0 saturated heterocycles. The number of aromatic nitrogens is 3. The molecule has 0 bridgehead atoms. The molecule has 8 aromatic rings. The maximum Gasteiger partial charge on any atom is 0.0707 e. The molecule has 52 heavy (non-hydrogen) atoms. The highest BCUT2D eigenvalue weighted by molar-refractivity contribution is 6.09. The molecule has 3 heterocycles. The number of para-hydroxylation sites is 3. The van der Waals surface area contributed by atoms with Gasteiger partial charge in [-0.3, -0.25) is 4.98 Å². The molecule has 0 radical (unpaired) electrons. The minimum absolute atomic E-state index is 1.09. The number of hydrogen-bond donors (Lipinski definition) is 0. The molecule has 278 valence electrons. The van der Waals surface area contributed by atoms with E-state index in [1.807, 2.05) is 88.3 Å². The van der Waals surface area contributed by atoms with E-state index in [9.17, 15) is 0 Å². The molecule has 3 nitrogen and oxygen atoms in total. The van der Waals surface area contributed by atoms with E-state index >= 15 is 0 Å². The van der Waals surface area contributed by atoms with Gasteiger partial charge in [-0.25, -0.2) is 0 Å². The van der Waals surface area contributed by atoms with Crippen LogP contribution in [0.15, 0.2) is 115 Å². The summed E-state index contributed by atoms with van der Waals surface area (Å²) in [5.74, 6) is 0. The first kappa shape index (κ1) is 45.1. The Hall–Kier alpha value is -4.89. The van der Waals surface area contributed by atoms with Gasteiger partial charge in [-0.15, -0.1) is 0 Å². The van der Waals surface area contributed by atoms with Gasteiger partial charge in [0.15, 0.2) is 0 Å². The summed E-state index contributed by atoms with van der Waals surface area (Å²) in [5, 5.41) is 6.64. The Labute approximate surface area is 316 Å². The zero-order chi connectivity index (χ0) is 39.4. The van der Waals surface area contributed by atoms with Crippen LogP contribution in [0.2, 0.25) is 0 Å². The van der Waals surface area contributed by atoms with E-state index < -0.39 is 0 Å². The van der Waals surface area contributed by atoms with Crippen LogP contribution >= 0.6 is 0 Å². The fraction of sp³-hybridized carbons (Fsp3) is 0.327. The number of benzene rings is 5. The van der Waals surface area contributed by atoms with Crippen LogP contribution in [0.25, 0.3) is 54.5 Å². The molecule has 3 heteroatoms. The topological polar surface area (TPSA) is 22.8 Å². The van der Waals surface area contributed by atoms with Crippen molar-refractivity contribution in [1.29, 1.82) is 0 Å². The third-order valence-corrected chi connectivity index (χ3v) is 8.19. The summed E-state index contributed by atoms with van der Waals surface area (Å²) in [6.07, 6.45) is 0. The smallest absolute Gasteiger partial charge is 0.0707 e. The van der Waals surface area contributed by atoms with Gasteiger partial charge in [-0.1, -0.05) is 148 Å². The summed E-state index contributed by atoms with van der Waals surface area (Å²) in [4.78, 5) is 4.44. The van der Waals surface area contributed by atoms with Crippen molar-refractivity contribution in [3.8, 4) is 0 Å². The summed E-state index contributed by atoms with van der Waals surface area (Å²) in [7, 11) is 4.25. The molecular weight excluding hydrogens is 631 g/mol. The molecule has 0 unspecified atom stereocenters. The third kappa shape index (κ3) is 10.8. The Bertz CT molecular complexity index is 2210. The molecular formula is C49H67N3. The predicted octanol–water partition coefficient (Wildman–Crippen LogP) is 15.3. The van der Waals surface area contributed by atoms with E-state index in [-0.39, 0.29) is 0 Å². The van der Waals surface area contributed by atoms with Gasteiger partial charge in [0.25, 0.3) is 0 Å². The van der Waals surface area contributed by atoms with Gasteiger partial charge in [0.05, 0.1) is 5.52 Å². The number of rotatable bonds is 0. The van der Waals surface area contributed by atoms with Gasteiger partial charge in [0, 0.05) is 68.8 Å². The van der Waals surface area contributed by atoms with Crippen LogP contribution in [0, 0.1) is 27.7 Å². The number of fused-ring (bicyclic) bond motifs is 7. The van der Waals surface area contributed by atoms with Crippen molar-refractivity contribution in [3.05, 3.63) is 138 Å². The Morgan fingerprint density at radius 2 is 0.769 bits per heavy atom. The lowest BCUT2D eigenvalue weighted by Crippen LogP contribution is -1.86. The molecule has 0 saturated carbocycles. The maximum atomic E-state index is 4.44. The van der Waals surface area contributed by atoms with E-state index in [4.69, 9.17) is 0 Å². The highest BCUT2D eigenvalue weighted by Crippen LogP contribution is 2.29. The first-order valence-electron chi connectivity index (χ1n) is 19.5. The third-order valence-electron chi connectivity index (χ3n) is 8.19. The summed E-state index contributed by atoms with van der Waals surface area (Å²) in [6, 6.07) is 40.7. The molecule has 8 rings (SSSR count). The van der Waals surface area contributed by atoms with Gasteiger partial charge in [0.1, 0.15) is 0 Å². The molecule has 5 aromatic carbocycles. The Kier molecular flexibility index (Phi) is 20.4. The number of nitrogens with zero attached hydrogens (tertiary/aromatic N) is 3. The number of aryl methyl sites for hydroxylation is 6. The average molecular weight is 698 g/mol. The van der Waals surface area contributed by atoms with Crippen LogP contribution in [-0.2, 0) is 14.1 Å². The second-order valence-electron chi connectivity index (χ2n) is 11.3. The first-order valence-corrected chi connectivity index (χ1v) is 19.5. The van der Waals surface area contributed by atoms with E-state index in [2.05, 4.69) is 152 Å². The molecule has 0 aliphatic heterocycles. The zero-order valence-corrected chi connectivity index (χ0v) is 35.3. The lowest BCUT2D eigenvalue weighted by Gasteiger charge is -2.01. The normalized spacial score (nSPS) is 9.54. The van der Waals surface area contributed by atoms with Crippen LogP contribution in [0.1, 0.15) is 91.6 Å². The second-order valence-corrected chi connectivity index (χ2v) is 11.3. The van der Waals surface area contributed by atoms with Crippen molar-refractivity contribution in [2.24, 2.45) is 14.1 Å². The van der Waals surface area contributed by atoms with E-state index in [0.29, 0.717) is 0 Å². The summed E-state index contributed by atoms with van der Waals surface area (Å²) in [5.41, 5.74) is 11.3. The summed E-state index contributed by atoms with van der Waals surface area (Å²) in [6.45, 7) is 28.4. The van der Waals surface area contributed by atoms with Crippen LogP contribution in [-0.4, -0.2) is 14.1 Å².